The standard InChI is InChI=1S/C15H11FN2O3/c1-8-10(16)3-2-4-12(8)18-13-6-5-9(14(19)20)7-11(13)17-15(18)21/h2-7H,1H3,(H,17,21)(H,19,20). The smallest absolute Gasteiger partial charge is 0.335 e. The zero-order valence-electron chi connectivity index (χ0n) is 11.1. The molecule has 0 bridgehead atoms. The van der Waals surface area contributed by atoms with Gasteiger partial charge in [0, 0.05) is 5.56 Å². The van der Waals surface area contributed by atoms with Gasteiger partial charge in [-0.3, -0.25) is 4.57 Å². The number of nitrogens with zero attached hydrogens (tertiary/aromatic N) is 1. The van der Waals surface area contributed by atoms with Gasteiger partial charge in [0.1, 0.15) is 5.82 Å². The Hall–Kier alpha value is -2.89. The van der Waals surface area contributed by atoms with E-state index in [1.807, 2.05) is 0 Å². The van der Waals surface area contributed by atoms with Crippen LogP contribution in [0.4, 0.5) is 4.39 Å². The molecule has 2 aromatic carbocycles. The Morgan fingerprint density at radius 2 is 2.05 bits per heavy atom. The number of aromatic carboxylic acids is 1. The third-order valence-corrected chi connectivity index (χ3v) is 3.41. The highest BCUT2D eigenvalue weighted by atomic mass is 19.1. The number of hydrogen-bond donors (Lipinski definition) is 2. The van der Waals surface area contributed by atoms with Crippen LogP contribution in [-0.2, 0) is 0 Å². The highest BCUT2D eigenvalue weighted by molar-refractivity contribution is 5.92. The summed E-state index contributed by atoms with van der Waals surface area (Å²) in [5, 5.41) is 8.97. The van der Waals surface area contributed by atoms with E-state index in [1.54, 1.807) is 13.0 Å². The van der Waals surface area contributed by atoms with E-state index in [9.17, 15) is 14.0 Å². The van der Waals surface area contributed by atoms with Crippen molar-refractivity contribution >= 4 is 17.0 Å². The summed E-state index contributed by atoms with van der Waals surface area (Å²) in [7, 11) is 0. The number of imidazole rings is 1. The van der Waals surface area contributed by atoms with Crippen molar-refractivity contribution < 1.29 is 14.3 Å². The molecule has 5 nitrogen and oxygen atoms in total. The number of benzene rings is 2. The van der Waals surface area contributed by atoms with Gasteiger partial charge in [-0.2, -0.15) is 0 Å². The predicted molar refractivity (Wildman–Crippen MR) is 75.6 cm³/mol. The van der Waals surface area contributed by atoms with E-state index in [2.05, 4.69) is 4.98 Å². The van der Waals surface area contributed by atoms with Crippen LogP contribution in [0.5, 0.6) is 0 Å². The molecule has 0 fully saturated rings. The fraction of sp³-hybridized carbons (Fsp3) is 0.0667. The minimum Gasteiger partial charge on any atom is -0.478 e. The number of halogens is 1. The zero-order valence-corrected chi connectivity index (χ0v) is 11.1. The molecular formula is C15H11FN2O3. The van der Waals surface area contributed by atoms with Crippen molar-refractivity contribution in [3.63, 3.8) is 0 Å². The fourth-order valence-electron chi connectivity index (χ4n) is 2.32. The van der Waals surface area contributed by atoms with Crippen molar-refractivity contribution in [1.82, 2.24) is 9.55 Å². The molecule has 0 aliphatic rings. The van der Waals surface area contributed by atoms with E-state index in [1.165, 1.54) is 34.9 Å². The molecule has 1 aromatic heterocycles. The van der Waals surface area contributed by atoms with Crippen molar-refractivity contribution in [3.8, 4) is 5.69 Å². The van der Waals surface area contributed by atoms with E-state index in [0.29, 0.717) is 22.3 Å². The molecule has 3 rings (SSSR count). The molecule has 0 amide bonds. The molecule has 6 heteroatoms. The Kier molecular flexibility index (Phi) is 2.86. The summed E-state index contributed by atoms with van der Waals surface area (Å²) >= 11 is 0. The first-order valence-electron chi connectivity index (χ1n) is 6.22. The number of rotatable bonds is 2. The van der Waals surface area contributed by atoms with Gasteiger partial charge in [0.05, 0.1) is 22.3 Å². The van der Waals surface area contributed by atoms with Crippen LogP contribution in [0.3, 0.4) is 0 Å². The number of hydrogen-bond acceptors (Lipinski definition) is 2. The summed E-state index contributed by atoms with van der Waals surface area (Å²) in [6.07, 6.45) is 0. The van der Waals surface area contributed by atoms with E-state index in [0.717, 1.165) is 0 Å². The number of H-pyrrole nitrogens is 1. The minimum atomic E-state index is -1.08. The van der Waals surface area contributed by atoms with Gasteiger partial charge in [0.25, 0.3) is 0 Å². The van der Waals surface area contributed by atoms with Crippen LogP contribution in [0.2, 0.25) is 0 Å². The first-order valence-corrected chi connectivity index (χ1v) is 6.22. The van der Waals surface area contributed by atoms with Crippen LogP contribution < -0.4 is 5.69 Å². The molecule has 106 valence electrons. The monoisotopic (exact) mass is 286 g/mol. The van der Waals surface area contributed by atoms with Crippen LogP contribution in [0.25, 0.3) is 16.7 Å². The van der Waals surface area contributed by atoms with Gasteiger partial charge in [0.15, 0.2) is 0 Å². The second-order valence-electron chi connectivity index (χ2n) is 4.69. The molecule has 0 saturated carbocycles. The number of carbonyl (C=O) groups is 1. The average molecular weight is 286 g/mol. The summed E-state index contributed by atoms with van der Waals surface area (Å²) in [5.74, 6) is -1.48. The molecule has 0 spiro atoms. The lowest BCUT2D eigenvalue weighted by molar-refractivity contribution is 0.0697. The molecule has 1 heterocycles. The maximum absolute atomic E-state index is 13.7. The van der Waals surface area contributed by atoms with Gasteiger partial charge < -0.3 is 10.1 Å². The van der Waals surface area contributed by atoms with Crippen molar-refractivity contribution in [2.45, 2.75) is 6.92 Å². The van der Waals surface area contributed by atoms with Crippen LogP contribution in [0.15, 0.2) is 41.2 Å². The number of nitrogens with one attached hydrogen (secondary N) is 1. The second-order valence-corrected chi connectivity index (χ2v) is 4.69. The van der Waals surface area contributed by atoms with Gasteiger partial charge in [-0.15, -0.1) is 0 Å². The topological polar surface area (TPSA) is 75.1 Å². The highest BCUT2D eigenvalue weighted by Crippen LogP contribution is 2.21. The molecule has 0 aliphatic heterocycles. The molecule has 3 aromatic rings. The van der Waals surface area contributed by atoms with Crippen LogP contribution in [-0.4, -0.2) is 20.6 Å². The molecule has 2 N–H and O–H groups in total. The summed E-state index contributed by atoms with van der Waals surface area (Å²) < 4.78 is 15.0. The van der Waals surface area contributed by atoms with E-state index in [4.69, 9.17) is 5.11 Å². The lowest BCUT2D eigenvalue weighted by Crippen LogP contribution is -2.16. The van der Waals surface area contributed by atoms with Crippen molar-refractivity contribution in [1.29, 1.82) is 0 Å². The third kappa shape index (κ3) is 2.01. The Labute approximate surface area is 118 Å². The lowest BCUT2D eigenvalue weighted by Gasteiger charge is -2.08. The second kappa shape index (κ2) is 4.59. The Bertz CT molecular complexity index is 924. The predicted octanol–water partition coefficient (Wildman–Crippen LogP) is 2.46. The highest BCUT2D eigenvalue weighted by Gasteiger charge is 2.14. The van der Waals surface area contributed by atoms with Crippen molar-refractivity contribution in [2.24, 2.45) is 0 Å². The normalized spacial score (nSPS) is 11.0. The maximum atomic E-state index is 13.7. The number of fused-ring (bicyclic) bond motifs is 1. The molecule has 0 aliphatic carbocycles. The van der Waals surface area contributed by atoms with E-state index in [-0.39, 0.29) is 5.56 Å². The quantitative estimate of drug-likeness (QED) is 0.760. The van der Waals surface area contributed by atoms with Gasteiger partial charge in [-0.1, -0.05) is 6.07 Å². The van der Waals surface area contributed by atoms with E-state index >= 15 is 0 Å². The third-order valence-electron chi connectivity index (χ3n) is 3.41. The van der Waals surface area contributed by atoms with Gasteiger partial charge in [-0.05, 0) is 37.3 Å². The van der Waals surface area contributed by atoms with Crippen molar-refractivity contribution in [3.05, 3.63) is 63.8 Å². The summed E-state index contributed by atoms with van der Waals surface area (Å²) in [4.78, 5) is 25.7. The molecule has 0 atom stereocenters. The lowest BCUT2D eigenvalue weighted by atomic mass is 10.1. The summed E-state index contributed by atoms with van der Waals surface area (Å²) in [6.45, 7) is 1.58. The number of aromatic nitrogens is 2. The fourth-order valence-corrected chi connectivity index (χ4v) is 2.32. The molecule has 0 radical (unpaired) electrons. The molecule has 0 unspecified atom stereocenters. The summed E-state index contributed by atoms with van der Waals surface area (Å²) in [5.41, 5.74) is 1.30. The van der Waals surface area contributed by atoms with Gasteiger partial charge in [-0.25, -0.2) is 14.0 Å². The number of carboxylic acids is 1. The number of aromatic amines is 1. The van der Waals surface area contributed by atoms with Crippen LogP contribution in [0.1, 0.15) is 15.9 Å². The Morgan fingerprint density at radius 3 is 2.76 bits per heavy atom. The molecule has 21 heavy (non-hydrogen) atoms. The largest absolute Gasteiger partial charge is 0.478 e. The molecular weight excluding hydrogens is 275 g/mol. The number of carboxylic acid groups (broad SMARTS) is 1. The minimum absolute atomic E-state index is 0.0758. The Balaban J connectivity index is 2.33. The maximum Gasteiger partial charge on any atom is 0.335 e. The summed E-state index contributed by atoms with van der Waals surface area (Å²) in [6, 6.07) is 8.79. The zero-order chi connectivity index (χ0) is 15.1. The van der Waals surface area contributed by atoms with Crippen molar-refractivity contribution in [2.75, 3.05) is 0 Å². The Morgan fingerprint density at radius 1 is 1.29 bits per heavy atom. The first-order chi connectivity index (χ1) is 9.99. The van der Waals surface area contributed by atoms with E-state index < -0.39 is 17.5 Å². The van der Waals surface area contributed by atoms with Crippen LogP contribution in [0, 0.1) is 12.7 Å². The van der Waals surface area contributed by atoms with Crippen LogP contribution >= 0.6 is 0 Å². The average Bonchev–Trinajstić information content (AvgIpc) is 2.77. The molecule has 0 saturated heterocycles. The SMILES string of the molecule is Cc1c(F)cccc1-n1c(=O)[nH]c2cc(C(=O)O)ccc21. The van der Waals surface area contributed by atoms with Gasteiger partial charge in [0.2, 0.25) is 0 Å². The van der Waals surface area contributed by atoms with Gasteiger partial charge >= 0.3 is 11.7 Å². The first kappa shape index (κ1) is 13.1.